The van der Waals surface area contributed by atoms with Crippen molar-refractivity contribution in [3.05, 3.63) is 0 Å². The number of likely N-dealkylation sites (tertiary alicyclic amines) is 1. The monoisotopic (exact) mass is 255 g/mol. The van der Waals surface area contributed by atoms with Crippen molar-refractivity contribution in [3.8, 4) is 0 Å². The largest absolute Gasteiger partial charge is 0.379 e. The van der Waals surface area contributed by atoms with Gasteiger partial charge in [0, 0.05) is 32.7 Å². The molecule has 5 nitrogen and oxygen atoms in total. The fourth-order valence-electron chi connectivity index (χ4n) is 2.68. The van der Waals surface area contributed by atoms with E-state index in [4.69, 9.17) is 4.74 Å². The lowest BCUT2D eigenvalue weighted by Gasteiger charge is -2.35. The molecule has 1 unspecified atom stereocenters. The van der Waals surface area contributed by atoms with Gasteiger partial charge in [0.2, 0.25) is 5.91 Å². The van der Waals surface area contributed by atoms with E-state index in [2.05, 4.69) is 17.1 Å². The molecule has 1 atom stereocenters. The minimum absolute atomic E-state index is 0.0495. The second-order valence-corrected chi connectivity index (χ2v) is 5.03. The van der Waals surface area contributed by atoms with Gasteiger partial charge in [-0.05, 0) is 19.4 Å². The Morgan fingerprint density at radius 3 is 2.78 bits per heavy atom. The van der Waals surface area contributed by atoms with Crippen molar-refractivity contribution >= 4 is 5.91 Å². The summed E-state index contributed by atoms with van der Waals surface area (Å²) in [6.07, 6.45) is 2.10. The fraction of sp³-hybridized carbons (Fsp3) is 0.923. The fourth-order valence-corrected chi connectivity index (χ4v) is 2.68. The molecular weight excluding hydrogens is 230 g/mol. The molecule has 2 aliphatic rings. The summed E-state index contributed by atoms with van der Waals surface area (Å²) in [5, 5.41) is 3.28. The number of nitrogens with zero attached hydrogens (tertiary/aromatic N) is 2. The van der Waals surface area contributed by atoms with Gasteiger partial charge in [-0.25, -0.2) is 0 Å². The topological polar surface area (TPSA) is 44.8 Å². The number of nitrogens with one attached hydrogen (secondary N) is 1. The zero-order valence-electron chi connectivity index (χ0n) is 11.4. The highest BCUT2D eigenvalue weighted by Crippen LogP contribution is 2.11. The van der Waals surface area contributed by atoms with Gasteiger partial charge in [-0.15, -0.1) is 0 Å². The number of hydrogen-bond acceptors (Lipinski definition) is 4. The summed E-state index contributed by atoms with van der Waals surface area (Å²) in [6.45, 7) is 9.34. The summed E-state index contributed by atoms with van der Waals surface area (Å²) in [5.41, 5.74) is 0. The maximum Gasteiger partial charge on any atom is 0.239 e. The molecule has 0 radical (unpaired) electrons. The molecule has 0 saturated carbocycles. The van der Waals surface area contributed by atoms with E-state index in [0.717, 1.165) is 65.3 Å². The van der Waals surface area contributed by atoms with E-state index in [0.29, 0.717) is 0 Å². The van der Waals surface area contributed by atoms with Crippen molar-refractivity contribution in [2.45, 2.75) is 25.8 Å². The van der Waals surface area contributed by atoms with Gasteiger partial charge < -0.3 is 15.0 Å². The lowest BCUT2D eigenvalue weighted by Crippen LogP contribution is -2.52. The van der Waals surface area contributed by atoms with Crippen LogP contribution in [-0.2, 0) is 9.53 Å². The van der Waals surface area contributed by atoms with Gasteiger partial charge in [-0.1, -0.05) is 6.92 Å². The quantitative estimate of drug-likeness (QED) is 0.746. The highest BCUT2D eigenvalue weighted by molar-refractivity contribution is 5.82. The van der Waals surface area contributed by atoms with E-state index in [-0.39, 0.29) is 11.9 Å². The summed E-state index contributed by atoms with van der Waals surface area (Å²) in [7, 11) is 0. The van der Waals surface area contributed by atoms with Crippen molar-refractivity contribution in [1.29, 1.82) is 0 Å². The summed E-state index contributed by atoms with van der Waals surface area (Å²) in [4.78, 5) is 16.6. The van der Waals surface area contributed by atoms with E-state index in [1.807, 2.05) is 4.90 Å². The Kier molecular flexibility index (Phi) is 5.41. The highest BCUT2D eigenvalue weighted by Gasteiger charge is 2.27. The Morgan fingerprint density at radius 2 is 2.06 bits per heavy atom. The summed E-state index contributed by atoms with van der Waals surface area (Å²) < 4.78 is 5.33. The molecule has 5 heteroatoms. The third kappa shape index (κ3) is 3.67. The van der Waals surface area contributed by atoms with E-state index in [1.165, 1.54) is 0 Å². The molecule has 0 aromatic rings. The first-order valence-electron chi connectivity index (χ1n) is 7.13. The van der Waals surface area contributed by atoms with Crippen LogP contribution < -0.4 is 5.32 Å². The molecule has 2 saturated heterocycles. The van der Waals surface area contributed by atoms with Gasteiger partial charge in [0.25, 0.3) is 0 Å². The van der Waals surface area contributed by atoms with Crippen LogP contribution in [0.15, 0.2) is 0 Å². The van der Waals surface area contributed by atoms with Gasteiger partial charge in [-0.3, -0.25) is 9.69 Å². The van der Waals surface area contributed by atoms with Crippen molar-refractivity contribution in [1.82, 2.24) is 15.1 Å². The molecule has 1 N–H and O–H groups in total. The molecule has 2 fully saturated rings. The Hall–Kier alpha value is -0.650. The number of hydrogen-bond donors (Lipinski definition) is 1. The van der Waals surface area contributed by atoms with Crippen molar-refractivity contribution in [3.63, 3.8) is 0 Å². The van der Waals surface area contributed by atoms with Crippen molar-refractivity contribution in [2.24, 2.45) is 0 Å². The second kappa shape index (κ2) is 7.07. The predicted molar refractivity (Wildman–Crippen MR) is 70.5 cm³/mol. The minimum Gasteiger partial charge on any atom is -0.379 e. The number of rotatable bonds is 5. The number of morpholine rings is 1. The molecule has 0 spiro atoms. The average molecular weight is 255 g/mol. The number of ether oxygens (including phenoxy) is 1. The zero-order chi connectivity index (χ0) is 12.8. The Balaban J connectivity index is 1.75. The first kappa shape index (κ1) is 13.8. The zero-order valence-corrected chi connectivity index (χ0v) is 11.4. The molecule has 2 heterocycles. The molecule has 2 rings (SSSR count). The van der Waals surface area contributed by atoms with E-state index in [9.17, 15) is 4.79 Å². The smallest absolute Gasteiger partial charge is 0.239 e. The Bertz CT molecular complexity index is 265. The van der Waals surface area contributed by atoms with Crippen LogP contribution in [0, 0.1) is 0 Å². The van der Waals surface area contributed by atoms with Crippen LogP contribution in [0.3, 0.4) is 0 Å². The van der Waals surface area contributed by atoms with Gasteiger partial charge in [0.1, 0.15) is 0 Å². The standard InChI is InChI=1S/C13H25N3O2/c1-2-14-12-4-3-5-16(13(12)17)7-6-15-8-10-18-11-9-15/h12,14H,2-11H2,1H3. The van der Waals surface area contributed by atoms with Crippen LogP contribution >= 0.6 is 0 Å². The average Bonchev–Trinajstić information content (AvgIpc) is 2.41. The van der Waals surface area contributed by atoms with Crippen LogP contribution in [0.2, 0.25) is 0 Å². The maximum atomic E-state index is 12.2. The number of piperidine rings is 1. The number of likely N-dealkylation sites (N-methyl/N-ethyl adjacent to an activating group) is 1. The van der Waals surface area contributed by atoms with Gasteiger partial charge >= 0.3 is 0 Å². The van der Waals surface area contributed by atoms with Gasteiger partial charge in [-0.2, -0.15) is 0 Å². The molecule has 104 valence electrons. The molecular formula is C13H25N3O2. The van der Waals surface area contributed by atoms with Crippen LogP contribution in [0.25, 0.3) is 0 Å². The molecule has 0 aromatic carbocycles. The lowest BCUT2D eigenvalue weighted by molar-refractivity contribution is -0.136. The third-order valence-corrected chi connectivity index (χ3v) is 3.77. The summed E-state index contributed by atoms with van der Waals surface area (Å²) in [6, 6.07) is 0.0495. The van der Waals surface area contributed by atoms with Crippen LogP contribution in [-0.4, -0.2) is 74.2 Å². The van der Waals surface area contributed by atoms with Gasteiger partial charge in [0.15, 0.2) is 0 Å². The van der Waals surface area contributed by atoms with Gasteiger partial charge in [0.05, 0.1) is 19.3 Å². The number of carbonyl (C=O) groups is 1. The third-order valence-electron chi connectivity index (χ3n) is 3.77. The molecule has 0 aromatic heterocycles. The number of amides is 1. The molecule has 0 bridgehead atoms. The van der Waals surface area contributed by atoms with E-state index in [1.54, 1.807) is 0 Å². The van der Waals surface area contributed by atoms with Crippen LogP contribution in [0.1, 0.15) is 19.8 Å². The second-order valence-electron chi connectivity index (χ2n) is 5.03. The lowest BCUT2D eigenvalue weighted by atomic mass is 10.0. The van der Waals surface area contributed by atoms with Crippen molar-refractivity contribution in [2.75, 3.05) is 52.5 Å². The maximum absolute atomic E-state index is 12.2. The molecule has 2 aliphatic heterocycles. The normalized spacial score (nSPS) is 26.6. The first-order chi connectivity index (χ1) is 8.81. The molecule has 1 amide bonds. The van der Waals surface area contributed by atoms with E-state index >= 15 is 0 Å². The minimum atomic E-state index is 0.0495. The number of carbonyl (C=O) groups excluding carboxylic acids is 1. The summed E-state index contributed by atoms with van der Waals surface area (Å²) >= 11 is 0. The molecule has 0 aliphatic carbocycles. The Labute approximate surface area is 109 Å². The van der Waals surface area contributed by atoms with E-state index < -0.39 is 0 Å². The Morgan fingerprint density at radius 1 is 1.28 bits per heavy atom. The van der Waals surface area contributed by atoms with Crippen LogP contribution in [0.4, 0.5) is 0 Å². The predicted octanol–water partition coefficient (Wildman–Crippen LogP) is -0.0809. The van der Waals surface area contributed by atoms with Crippen LogP contribution in [0.5, 0.6) is 0 Å². The first-order valence-corrected chi connectivity index (χ1v) is 7.13. The SMILES string of the molecule is CCNC1CCCN(CCN2CCOCC2)C1=O. The summed E-state index contributed by atoms with van der Waals surface area (Å²) in [5.74, 6) is 0.288. The molecule has 18 heavy (non-hydrogen) atoms. The highest BCUT2D eigenvalue weighted by atomic mass is 16.5. The van der Waals surface area contributed by atoms with Crippen molar-refractivity contribution < 1.29 is 9.53 Å².